The number of carbonyl (C=O) groups is 1. The molecule has 0 bridgehead atoms. The molecule has 0 atom stereocenters. The van der Waals surface area contributed by atoms with Crippen molar-refractivity contribution < 1.29 is 9.53 Å². The maximum absolute atomic E-state index is 11.3. The van der Waals surface area contributed by atoms with Gasteiger partial charge in [0, 0.05) is 42.3 Å². The van der Waals surface area contributed by atoms with Crippen LogP contribution in [-0.2, 0) is 6.42 Å². The van der Waals surface area contributed by atoms with E-state index in [-0.39, 0.29) is 0 Å². The maximum Gasteiger partial charge on any atom is 0.250 e. The van der Waals surface area contributed by atoms with Crippen molar-refractivity contribution >= 4 is 11.6 Å². The third-order valence-electron chi connectivity index (χ3n) is 4.31. The van der Waals surface area contributed by atoms with Crippen LogP contribution in [0.5, 0.6) is 5.75 Å². The van der Waals surface area contributed by atoms with Crippen LogP contribution in [0.25, 0.3) is 16.8 Å². The Morgan fingerprint density at radius 2 is 2.04 bits per heavy atom. The molecule has 1 amide bonds. The molecule has 27 heavy (non-hydrogen) atoms. The number of fused-ring (bicyclic) bond motifs is 1. The van der Waals surface area contributed by atoms with E-state index in [4.69, 9.17) is 10.5 Å². The average molecular weight is 359 g/mol. The highest BCUT2D eigenvalue weighted by molar-refractivity contribution is 5.92. The zero-order valence-corrected chi connectivity index (χ0v) is 14.7. The molecular formula is C20H17N5O2. The molecule has 0 aliphatic carbocycles. The fraction of sp³-hybridized carbons (Fsp3) is 0.100. The Bertz CT molecular complexity index is 1140. The molecule has 0 radical (unpaired) electrons. The molecule has 0 unspecified atom stereocenters. The Hall–Kier alpha value is -3.74. The van der Waals surface area contributed by atoms with E-state index in [2.05, 4.69) is 15.1 Å². The molecule has 1 aromatic carbocycles. The zero-order valence-electron chi connectivity index (χ0n) is 14.7. The standard InChI is InChI=1S/C20H17N5O2/c1-27-18-4-2-3-14(7-18)17-10-23-20-16(11-24-25(20)12-17)6-13-5-15(19(21)26)9-22-8-13/h2-5,7-12H,6H2,1H3,(H2,21,26). The molecule has 4 aromatic rings. The van der Waals surface area contributed by atoms with E-state index in [1.807, 2.05) is 36.7 Å². The van der Waals surface area contributed by atoms with Crippen LogP contribution in [0.4, 0.5) is 0 Å². The van der Waals surface area contributed by atoms with Crippen molar-refractivity contribution in [3.05, 3.63) is 78.0 Å². The van der Waals surface area contributed by atoms with Crippen molar-refractivity contribution in [2.45, 2.75) is 6.42 Å². The lowest BCUT2D eigenvalue weighted by atomic mass is 10.1. The second kappa shape index (κ2) is 6.87. The fourth-order valence-corrected chi connectivity index (χ4v) is 2.94. The number of primary amides is 1. The first-order valence-corrected chi connectivity index (χ1v) is 8.34. The first kappa shape index (κ1) is 16.7. The lowest BCUT2D eigenvalue weighted by Gasteiger charge is -2.05. The number of amides is 1. The van der Waals surface area contributed by atoms with E-state index < -0.39 is 5.91 Å². The van der Waals surface area contributed by atoms with Gasteiger partial charge < -0.3 is 10.5 Å². The van der Waals surface area contributed by atoms with Crippen LogP contribution < -0.4 is 10.5 Å². The summed E-state index contributed by atoms with van der Waals surface area (Å²) in [5, 5.41) is 4.41. The van der Waals surface area contributed by atoms with Gasteiger partial charge in [0.2, 0.25) is 5.91 Å². The molecule has 0 saturated carbocycles. The van der Waals surface area contributed by atoms with Crippen LogP contribution >= 0.6 is 0 Å². The van der Waals surface area contributed by atoms with Crippen molar-refractivity contribution in [1.29, 1.82) is 0 Å². The molecule has 7 heteroatoms. The van der Waals surface area contributed by atoms with E-state index >= 15 is 0 Å². The number of methoxy groups -OCH3 is 1. The Morgan fingerprint density at radius 1 is 1.15 bits per heavy atom. The Labute approximate surface area is 155 Å². The normalized spacial score (nSPS) is 10.9. The highest BCUT2D eigenvalue weighted by Crippen LogP contribution is 2.24. The summed E-state index contributed by atoms with van der Waals surface area (Å²) in [7, 11) is 1.64. The number of hydrogen-bond acceptors (Lipinski definition) is 5. The highest BCUT2D eigenvalue weighted by atomic mass is 16.5. The maximum atomic E-state index is 11.3. The summed E-state index contributed by atoms with van der Waals surface area (Å²) in [6.07, 6.45) is 9.24. The average Bonchev–Trinajstić information content (AvgIpc) is 3.10. The van der Waals surface area contributed by atoms with E-state index in [0.29, 0.717) is 12.0 Å². The minimum atomic E-state index is -0.495. The van der Waals surface area contributed by atoms with Crippen molar-refractivity contribution in [3.8, 4) is 16.9 Å². The van der Waals surface area contributed by atoms with Gasteiger partial charge in [-0.2, -0.15) is 5.10 Å². The number of benzene rings is 1. The van der Waals surface area contributed by atoms with Crippen LogP contribution in [0.3, 0.4) is 0 Å². The summed E-state index contributed by atoms with van der Waals surface area (Å²) in [6.45, 7) is 0. The summed E-state index contributed by atoms with van der Waals surface area (Å²) in [6, 6.07) is 9.52. The molecule has 0 spiro atoms. The Balaban J connectivity index is 1.66. The van der Waals surface area contributed by atoms with Crippen molar-refractivity contribution in [2.75, 3.05) is 7.11 Å². The number of pyridine rings is 1. The number of aromatic nitrogens is 4. The predicted octanol–water partition coefficient (Wildman–Crippen LogP) is 2.49. The number of ether oxygens (including phenoxy) is 1. The first-order valence-electron chi connectivity index (χ1n) is 8.34. The van der Waals surface area contributed by atoms with Gasteiger partial charge in [-0.25, -0.2) is 9.50 Å². The van der Waals surface area contributed by atoms with E-state index in [9.17, 15) is 4.79 Å². The van der Waals surface area contributed by atoms with E-state index in [1.165, 1.54) is 6.20 Å². The molecule has 3 heterocycles. The van der Waals surface area contributed by atoms with Crippen LogP contribution in [-0.4, -0.2) is 32.6 Å². The SMILES string of the molecule is COc1cccc(-c2cnc3c(Cc4cncc(C(N)=O)c4)cnn3c2)c1. The first-order chi connectivity index (χ1) is 13.1. The van der Waals surface area contributed by atoms with Gasteiger partial charge >= 0.3 is 0 Å². The third-order valence-corrected chi connectivity index (χ3v) is 4.31. The molecule has 0 fully saturated rings. The molecule has 0 aliphatic rings. The summed E-state index contributed by atoms with van der Waals surface area (Å²) < 4.78 is 7.02. The third kappa shape index (κ3) is 3.35. The van der Waals surface area contributed by atoms with Gasteiger partial charge in [-0.3, -0.25) is 9.78 Å². The molecule has 0 saturated heterocycles. The van der Waals surface area contributed by atoms with Gasteiger partial charge in [0.15, 0.2) is 5.65 Å². The van der Waals surface area contributed by atoms with Gasteiger partial charge in [0.05, 0.1) is 18.9 Å². The van der Waals surface area contributed by atoms with Crippen LogP contribution in [0.2, 0.25) is 0 Å². The molecule has 134 valence electrons. The minimum Gasteiger partial charge on any atom is -0.497 e. The number of rotatable bonds is 5. The zero-order chi connectivity index (χ0) is 18.8. The molecular weight excluding hydrogens is 342 g/mol. The second-order valence-corrected chi connectivity index (χ2v) is 6.14. The fourth-order valence-electron chi connectivity index (χ4n) is 2.94. The Kier molecular flexibility index (Phi) is 4.25. The van der Waals surface area contributed by atoms with Crippen LogP contribution in [0, 0.1) is 0 Å². The highest BCUT2D eigenvalue weighted by Gasteiger charge is 2.10. The summed E-state index contributed by atoms with van der Waals surface area (Å²) in [4.78, 5) is 20.0. The molecule has 0 aliphatic heterocycles. The quantitative estimate of drug-likeness (QED) is 0.591. The number of hydrogen-bond donors (Lipinski definition) is 1. The molecule has 4 rings (SSSR count). The van der Waals surface area contributed by atoms with E-state index in [0.717, 1.165) is 33.7 Å². The van der Waals surface area contributed by atoms with Gasteiger partial charge in [-0.05, 0) is 29.3 Å². The number of nitrogens with zero attached hydrogens (tertiary/aromatic N) is 4. The van der Waals surface area contributed by atoms with Gasteiger partial charge in [-0.15, -0.1) is 0 Å². The van der Waals surface area contributed by atoms with Gasteiger partial charge in [-0.1, -0.05) is 12.1 Å². The lowest BCUT2D eigenvalue weighted by Crippen LogP contribution is -2.11. The summed E-state index contributed by atoms with van der Waals surface area (Å²) in [5.41, 5.74) is 10.2. The van der Waals surface area contributed by atoms with Crippen LogP contribution in [0.1, 0.15) is 21.5 Å². The molecule has 7 nitrogen and oxygen atoms in total. The second-order valence-electron chi connectivity index (χ2n) is 6.14. The topological polar surface area (TPSA) is 95.4 Å². The van der Waals surface area contributed by atoms with Crippen molar-refractivity contribution in [1.82, 2.24) is 19.6 Å². The monoisotopic (exact) mass is 359 g/mol. The summed E-state index contributed by atoms with van der Waals surface area (Å²) >= 11 is 0. The molecule has 2 N–H and O–H groups in total. The number of carbonyl (C=O) groups excluding carboxylic acids is 1. The van der Waals surface area contributed by atoms with Crippen molar-refractivity contribution in [2.24, 2.45) is 5.73 Å². The summed E-state index contributed by atoms with van der Waals surface area (Å²) in [5.74, 6) is 0.292. The molecule has 3 aromatic heterocycles. The van der Waals surface area contributed by atoms with Crippen molar-refractivity contribution in [3.63, 3.8) is 0 Å². The smallest absolute Gasteiger partial charge is 0.250 e. The predicted molar refractivity (Wildman–Crippen MR) is 101 cm³/mol. The van der Waals surface area contributed by atoms with E-state index in [1.54, 1.807) is 30.1 Å². The number of nitrogens with two attached hydrogens (primary N) is 1. The largest absolute Gasteiger partial charge is 0.497 e. The Morgan fingerprint density at radius 3 is 2.85 bits per heavy atom. The van der Waals surface area contributed by atoms with Gasteiger partial charge in [0.25, 0.3) is 0 Å². The van der Waals surface area contributed by atoms with Gasteiger partial charge in [0.1, 0.15) is 5.75 Å². The minimum absolute atomic E-state index is 0.386. The lowest BCUT2D eigenvalue weighted by molar-refractivity contribution is 0.1000. The van der Waals surface area contributed by atoms with Crippen LogP contribution in [0.15, 0.2) is 61.3 Å².